The van der Waals surface area contributed by atoms with Gasteiger partial charge in [-0.15, -0.1) is 0 Å². The fourth-order valence-corrected chi connectivity index (χ4v) is 4.91. The first-order valence-corrected chi connectivity index (χ1v) is 16.1. The molecule has 234 valence electrons. The molecule has 0 spiro atoms. The third-order valence-electron chi connectivity index (χ3n) is 7.66. The molecule has 1 amide bonds. The van der Waals surface area contributed by atoms with Gasteiger partial charge in [-0.3, -0.25) is 0 Å². The van der Waals surface area contributed by atoms with Crippen LogP contribution in [0, 0.1) is 5.92 Å². The standard InChI is InChI=1S/C31H63NO7/c1-3-5-7-9-11-13-14-16-18-20-22-26(21-19-17-15-12-10-8-6-4-2)25-39-31(38)32-23-27(34)29(36)30(37)28(35)24-33/h26-30,33-37H,3-25H2,1-2H3,(H,32,38)/t26?,27-,28+,29+,30+/m0/s1. The van der Waals surface area contributed by atoms with E-state index >= 15 is 0 Å². The van der Waals surface area contributed by atoms with Gasteiger partial charge in [-0.1, -0.05) is 129 Å². The zero-order chi connectivity index (χ0) is 29.1. The van der Waals surface area contributed by atoms with Gasteiger partial charge in [0.05, 0.1) is 19.3 Å². The van der Waals surface area contributed by atoms with Crippen molar-refractivity contribution in [2.24, 2.45) is 5.92 Å². The van der Waals surface area contributed by atoms with Crippen LogP contribution in [0.4, 0.5) is 4.79 Å². The smallest absolute Gasteiger partial charge is 0.407 e. The van der Waals surface area contributed by atoms with E-state index in [1.165, 1.54) is 103 Å². The van der Waals surface area contributed by atoms with Crippen LogP contribution in [0.1, 0.15) is 142 Å². The molecule has 0 aromatic rings. The van der Waals surface area contributed by atoms with Crippen LogP contribution in [0.3, 0.4) is 0 Å². The molecular formula is C31H63NO7. The molecule has 5 atom stereocenters. The second-order valence-electron chi connectivity index (χ2n) is 11.4. The van der Waals surface area contributed by atoms with Crippen molar-refractivity contribution in [1.82, 2.24) is 5.32 Å². The Labute approximate surface area is 238 Å². The normalized spacial score (nSPS) is 15.5. The van der Waals surface area contributed by atoms with Crippen molar-refractivity contribution in [3.05, 3.63) is 0 Å². The van der Waals surface area contributed by atoms with Crippen molar-refractivity contribution in [2.45, 2.75) is 167 Å². The van der Waals surface area contributed by atoms with Gasteiger partial charge in [-0.25, -0.2) is 4.79 Å². The third-order valence-corrected chi connectivity index (χ3v) is 7.66. The fraction of sp³-hybridized carbons (Fsp3) is 0.968. The second kappa shape index (κ2) is 27.3. The highest BCUT2D eigenvalue weighted by atomic mass is 16.5. The number of hydrogen-bond donors (Lipinski definition) is 6. The summed E-state index contributed by atoms with van der Waals surface area (Å²) in [6.45, 7) is 3.72. The fourth-order valence-electron chi connectivity index (χ4n) is 4.91. The predicted molar refractivity (Wildman–Crippen MR) is 158 cm³/mol. The van der Waals surface area contributed by atoms with E-state index in [2.05, 4.69) is 19.2 Å². The number of nitrogens with one attached hydrogen (secondary N) is 1. The molecule has 0 saturated carbocycles. The lowest BCUT2D eigenvalue weighted by Crippen LogP contribution is -2.49. The number of aliphatic hydroxyl groups is 5. The van der Waals surface area contributed by atoms with Gasteiger partial charge in [0.1, 0.15) is 18.3 Å². The first-order valence-electron chi connectivity index (χ1n) is 16.1. The highest BCUT2D eigenvalue weighted by Crippen LogP contribution is 2.20. The number of alkyl carbamates (subject to hydrolysis) is 1. The van der Waals surface area contributed by atoms with Crippen molar-refractivity contribution in [1.29, 1.82) is 0 Å². The van der Waals surface area contributed by atoms with Crippen molar-refractivity contribution in [3.8, 4) is 0 Å². The van der Waals surface area contributed by atoms with E-state index in [-0.39, 0.29) is 6.54 Å². The summed E-state index contributed by atoms with van der Waals surface area (Å²) in [6.07, 6.45) is 17.9. The molecule has 39 heavy (non-hydrogen) atoms. The Balaban J connectivity index is 4.34. The quantitative estimate of drug-likeness (QED) is 0.0683. The van der Waals surface area contributed by atoms with Crippen LogP contribution >= 0.6 is 0 Å². The molecule has 0 rings (SSSR count). The number of carbonyl (C=O) groups excluding carboxylic acids is 1. The number of hydrogen-bond acceptors (Lipinski definition) is 7. The monoisotopic (exact) mass is 561 g/mol. The molecule has 0 radical (unpaired) electrons. The van der Waals surface area contributed by atoms with Gasteiger partial charge in [0.15, 0.2) is 0 Å². The van der Waals surface area contributed by atoms with Crippen LogP contribution in [-0.2, 0) is 4.74 Å². The molecule has 0 aliphatic carbocycles. The first kappa shape index (κ1) is 38.1. The van der Waals surface area contributed by atoms with Crippen LogP contribution in [0.2, 0.25) is 0 Å². The summed E-state index contributed by atoms with van der Waals surface area (Å²) in [5.74, 6) is 0.307. The molecule has 6 N–H and O–H groups in total. The van der Waals surface area contributed by atoms with E-state index in [0.717, 1.165) is 25.7 Å². The number of carbonyl (C=O) groups is 1. The second-order valence-corrected chi connectivity index (χ2v) is 11.4. The van der Waals surface area contributed by atoms with E-state index < -0.39 is 37.1 Å². The molecule has 0 aliphatic rings. The molecule has 1 unspecified atom stereocenters. The largest absolute Gasteiger partial charge is 0.449 e. The van der Waals surface area contributed by atoms with Crippen molar-refractivity contribution < 1.29 is 35.1 Å². The maximum absolute atomic E-state index is 12.2. The minimum absolute atomic E-state index is 0.307. The van der Waals surface area contributed by atoms with E-state index in [4.69, 9.17) is 9.84 Å². The van der Waals surface area contributed by atoms with Crippen LogP contribution in [-0.4, -0.2) is 75.8 Å². The van der Waals surface area contributed by atoms with Crippen LogP contribution in [0.15, 0.2) is 0 Å². The summed E-state index contributed by atoms with van der Waals surface area (Å²) in [6, 6.07) is 0. The molecule has 8 nitrogen and oxygen atoms in total. The number of unbranched alkanes of at least 4 members (excludes halogenated alkanes) is 16. The summed E-state index contributed by atoms with van der Waals surface area (Å²) in [5.41, 5.74) is 0. The van der Waals surface area contributed by atoms with Gasteiger partial charge in [0.25, 0.3) is 0 Å². The van der Waals surface area contributed by atoms with E-state index in [1.54, 1.807) is 0 Å². The first-order chi connectivity index (χ1) is 18.9. The van der Waals surface area contributed by atoms with Crippen LogP contribution in [0.5, 0.6) is 0 Å². The predicted octanol–water partition coefficient (Wildman–Crippen LogP) is 5.61. The molecule has 0 aliphatic heterocycles. The maximum Gasteiger partial charge on any atom is 0.407 e. The van der Waals surface area contributed by atoms with Gasteiger partial charge in [0.2, 0.25) is 0 Å². The number of ether oxygens (including phenoxy) is 1. The van der Waals surface area contributed by atoms with E-state index in [0.29, 0.717) is 12.5 Å². The Hall–Kier alpha value is -0.930. The van der Waals surface area contributed by atoms with Gasteiger partial charge in [0, 0.05) is 6.54 Å². The molecule has 8 heteroatoms. The molecule has 0 saturated heterocycles. The maximum atomic E-state index is 12.2. The molecule has 0 fully saturated rings. The minimum Gasteiger partial charge on any atom is -0.449 e. The molecular weight excluding hydrogens is 498 g/mol. The van der Waals surface area contributed by atoms with Gasteiger partial charge < -0.3 is 35.6 Å². The third kappa shape index (κ3) is 22.4. The van der Waals surface area contributed by atoms with Gasteiger partial charge in [-0.05, 0) is 18.8 Å². The average Bonchev–Trinajstić information content (AvgIpc) is 2.94. The summed E-state index contributed by atoms with van der Waals surface area (Å²) >= 11 is 0. The average molecular weight is 562 g/mol. The van der Waals surface area contributed by atoms with Crippen molar-refractivity contribution >= 4 is 6.09 Å². The summed E-state index contributed by atoms with van der Waals surface area (Å²) in [4.78, 5) is 12.2. The SMILES string of the molecule is CCCCCCCCCCCCC(CCCCCCCCCC)COC(=O)NC[C@H](O)[C@@H](O)[C@H](O)[C@H](O)CO. The number of aliphatic hydroxyl groups excluding tert-OH is 5. The summed E-state index contributed by atoms with van der Waals surface area (Å²) in [5, 5.41) is 50.3. The van der Waals surface area contributed by atoms with E-state index in [1.807, 2.05) is 0 Å². The lowest BCUT2D eigenvalue weighted by molar-refractivity contribution is -0.113. The zero-order valence-corrected chi connectivity index (χ0v) is 25.2. The number of rotatable bonds is 28. The molecule has 0 aromatic heterocycles. The van der Waals surface area contributed by atoms with Crippen LogP contribution in [0.25, 0.3) is 0 Å². The molecule has 0 bridgehead atoms. The van der Waals surface area contributed by atoms with Crippen LogP contribution < -0.4 is 5.32 Å². The summed E-state index contributed by atoms with van der Waals surface area (Å²) in [7, 11) is 0. The van der Waals surface area contributed by atoms with Gasteiger partial charge >= 0.3 is 6.09 Å². The van der Waals surface area contributed by atoms with E-state index in [9.17, 15) is 25.2 Å². The highest BCUT2D eigenvalue weighted by molar-refractivity contribution is 5.67. The Morgan fingerprint density at radius 2 is 1.00 bits per heavy atom. The zero-order valence-electron chi connectivity index (χ0n) is 25.2. The molecule has 0 aromatic carbocycles. The van der Waals surface area contributed by atoms with Gasteiger partial charge in [-0.2, -0.15) is 0 Å². The lowest BCUT2D eigenvalue weighted by Gasteiger charge is -2.25. The Morgan fingerprint density at radius 3 is 1.41 bits per heavy atom. The van der Waals surface area contributed by atoms with Crippen molar-refractivity contribution in [3.63, 3.8) is 0 Å². The summed E-state index contributed by atoms with van der Waals surface area (Å²) < 4.78 is 5.43. The Kier molecular flexibility index (Phi) is 26.6. The minimum atomic E-state index is -1.72. The highest BCUT2D eigenvalue weighted by Gasteiger charge is 2.30. The topological polar surface area (TPSA) is 139 Å². The Bertz CT molecular complexity index is 537. The lowest BCUT2D eigenvalue weighted by atomic mass is 9.94. The molecule has 0 heterocycles. The Morgan fingerprint density at radius 1 is 0.615 bits per heavy atom. The number of amides is 1. The van der Waals surface area contributed by atoms with Crippen molar-refractivity contribution in [2.75, 3.05) is 19.8 Å².